The van der Waals surface area contributed by atoms with E-state index in [1.54, 1.807) is 25.1 Å². The van der Waals surface area contributed by atoms with Gasteiger partial charge >= 0.3 is 5.97 Å². The zero-order chi connectivity index (χ0) is 14.7. The van der Waals surface area contributed by atoms with Crippen molar-refractivity contribution in [2.24, 2.45) is 0 Å². The summed E-state index contributed by atoms with van der Waals surface area (Å²) < 4.78 is 19.9. The maximum Gasteiger partial charge on any atom is 0.335 e. The Morgan fingerprint density at radius 3 is 2.70 bits per heavy atom. The van der Waals surface area contributed by atoms with E-state index in [2.05, 4.69) is 15.9 Å². The number of rotatable bonds is 4. The van der Waals surface area contributed by atoms with E-state index in [9.17, 15) is 9.18 Å². The highest BCUT2D eigenvalue weighted by molar-refractivity contribution is 9.10. The average Bonchev–Trinajstić information content (AvgIpc) is 2.40. The molecule has 5 heteroatoms. The molecule has 0 aliphatic heterocycles. The van der Waals surface area contributed by atoms with Crippen molar-refractivity contribution in [2.75, 3.05) is 0 Å². The molecule has 0 amide bonds. The van der Waals surface area contributed by atoms with Crippen LogP contribution in [0.2, 0.25) is 0 Å². The second kappa shape index (κ2) is 6.05. The van der Waals surface area contributed by atoms with Crippen LogP contribution in [0.4, 0.5) is 4.39 Å². The standard InChI is InChI=1S/C15H12BrFO3/c1-9-6-10(15(18)19)2-5-14(9)20-8-11-7-12(16)3-4-13(11)17/h2-7H,8H2,1H3,(H,18,19). The first-order valence-corrected chi connectivity index (χ1v) is 6.67. The molecule has 3 nitrogen and oxygen atoms in total. The van der Waals surface area contributed by atoms with Gasteiger partial charge in [-0.15, -0.1) is 0 Å². The zero-order valence-corrected chi connectivity index (χ0v) is 12.3. The van der Waals surface area contributed by atoms with Gasteiger partial charge in [-0.3, -0.25) is 0 Å². The molecule has 0 spiro atoms. The van der Waals surface area contributed by atoms with Crippen molar-refractivity contribution in [3.63, 3.8) is 0 Å². The number of aromatic carboxylic acids is 1. The Labute approximate surface area is 124 Å². The normalized spacial score (nSPS) is 10.3. The molecular formula is C15H12BrFO3. The van der Waals surface area contributed by atoms with Crippen LogP contribution < -0.4 is 4.74 Å². The number of hydrogen-bond donors (Lipinski definition) is 1. The monoisotopic (exact) mass is 338 g/mol. The first-order chi connectivity index (χ1) is 9.47. The molecule has 0 fully saturated rings. The molecule has 20 heavy (non-hydrogen) atoms. The molecule has 0 aromatic heterocycles. The van der Waals surface area contributed by atoms with Gasteiger partial charge in [0.1, 0.15) is 18.2 Å². The Bertz CT molecular complexity index is 656. The summed E-state index contributed by atoms with van der Waals surface area (Å²) in [6, 6.07) is 9.19. The molecule has 0 bridgehead atoms. The van der Waals surface area contributed by atoms with Crippen LogP contribution in [0.15, 0.2) is 40.9 Å². The van der Waals surface area contributed by atoms with Crippen LogP contribution in [-0.2, 0) is 6.61 Å². The quantitative estimate of drug-likeness (QED) is 0.909. The Morgan fingerprint density at radius 1 is 1.30 bits per heavy atom. The minimum absolute atomic E-state index is 0.0819. The molecule has 0 atom stereocenters. The molecule has 0 aliphatic carbocycles. The molecule has 2 aromatic rings. The first kappa shape index (κ1) is 14.5. The molecule has 0 aliphatic rings. The highest BCUT2D eigenvalue weighted by Crippen LogP contribution is 2.22. The molecule has 104 valence electrons. The molecule has 0 heterocycles. The lowest BCUT2D eigenvalue weighted by Crippen LogP contribution is -2.02. The van der Waals surface area contributed by atoms with E-state index >= 15 is 0 Å². The maximum atomic E-state index is 13.6. The number of carboxylic acids is 1. The van der Waals surface area contributed by atoms with E-state index in [1.807, 2.05) is 0 Å². The molecule has 1 N–H and O–H groups in total. The summed E-state index contributed by atoms with van der Waals surface area (Å²) in [4.78, 5) is 10.8. The summed E-state index contributed by atoms with van der Waals surface area (Å²) in [7, 11) is 0. The van der Waals surface area contributed by atoms with E-state index in [0.29, 0.717) is 16.9 Å². The minimum Gasteiger partial charge on any atom is -0.489 e. The zero-order valence-electron chi connectivity index (χ0n) is 10.7. The van der Waals surface area contributed by atoms with Gasteiger partial charge in [-0.25, -0.2) is 9.18 Å². The summed E-state index contributed by atoms with van der Waals surface area (Å²) in [5.41, 5.74) is 1.32. The molecule has 2 rings (SSSR count). The topological polar surface area (TPSA) is 46.5 Å². The van der Waals surface area contributed by atoms with Crippen molar-refractivity contribution in [1.29, 1.82) is 0 Å². The Balaban J connectivity index is 2.15. The van der Waals surface area contributed by atoms with Gasteiger partial charge in [0.2, 0.25) is 0 Å². The Morgan fingerprint density at radius 2 is 2.05 bits per heavy atom. The molecule has 0 saturated heterocycles. The lowest BCUT2D eigenvalue weighted by molar-refractivity contribution is 0.0696. The highest BCUT2D eigenvalue weighted by atomic mass is 79.9. The molecule has 2 aromatic carbocycles. The minimum atomic E-state index is -0.988. The van der Waals surface area contributed by atoms with Gasteiger partial charge in [-0.05, 0) is 48.9 Å². The Kier molecular flexibility index (Phi) is 4.39. The fourth-order valence-electron chi connectivity index (χ4n) is 1.75. The first-order valence-electron chi connectivity index (χ1n) is 5.88. The molecule has 0 unspecified atom stereocenters. The maximum absolute atomic E-state index is 13.6. The third kappa shape index (κ3) is 3.36. The van der Waals surface area contributed by atoms with Gasteiger partial charge in [0.05, 0.1) is 5.56 Å². The van der Waals surface area contributed by atoms with E-state index in [-0.39, 0.29) is 18.0 Å². The smallest absolute Gasteiger partial charge is 0.335 e. The lowest BCUT2D eigenvalue weighted by atomic mass is 10.1. The van der Waals surface area contributed by atoms with Crippen LogP contribution in [0, 0.1) is 12.7 Å². The molecular weight excluding hydrogens is 327 g/mol. The van der Waals surface area contributed by atoms with Crippen LogP contribution in [0.3, 0.4) is 0 Å². The number of aryl methyl sites for hydroxylation is 1. The highest BCUT2D eigenvalue weighted by Gasteiger charge is 2.08. The van der Waals surface area contributed by atoms with Gasteiger partial charge in [0.25, 0.3) is 0 Å². The number of carboxylic acid groups (broad SMARTS) is 1. The van der Waals surface area contributed by atoms with Gasteiger partial charge < -0.3 is 9.84 Å². The van der Waals surface area contributed by atoms with E-state index in [0.717, 1.165) is 4.47 Å². The number of benzene rings is 2. The predicted molar refractivity (Wildman–Crippen MR) is 76.6 cm³/mol. The number of hydrogen-bond acceptors (Lipinski definition) is 2. The number of ether oxygens (including phenoxy) is 1. The van der Waals surface area contributed by atoms with Gasteiger partial charge in [0, 0.05) is 10.0 Å². The van der Waals surface area contributed by atoms with Crippen molar-refractivity contribution < 1.29 is 19.0 Å². The van der Waals surface area contributed by atoms with Crippen molar-refractivity contribution in [3.05, 3.63) is 63.4 Å². The van der Waals surface area contributed by atoms with Crippen LogP contribution in [0.1, 0.15) is 21.5 Å². The van der Waals surface area contributed by atoms with Crippen LogP contribution in [0.5, 0.6) is 5.75 Å². The average molecular weight is 339 g/mol. The predicted octanol–water partition coefficient (Wildman–Crippen LogP) is 4.17. The van der Waals surface area contributed by atoms with Gasteiger partial charge in [0.15, 0.2) is 0 Å². The van der Waals surface area contributed by atoms with Crippen LogP contribution in [0.25, 0.3) is 0 Å². The van der Waals surface area contributed by atoms with E-state index < -0.39 is 5.97 Å². The fourth-order valence-corrected chi connectivity index (χ4v) is 2.16. The van der Waals surface area contributed by atoms with E-state index in [1.165, 1.54) is 18.2 Å². The summed E-state index contributed by atoms with van der Waals surface area (Å²) in [5.74, 6) is -0.792. The summed E-state index contributed by atoms with van der Waals surface area (Å²) in [6.45, 7) is 1.83. The Hall–Kier alpha value is -1.88. The lowest BCUT2D eigenvalue weighted by Gasteiger charge is -2.10. The number of halogens is 2. The van der Waals surface area contributed by atoms with Gasteiger partial charge in [-0.1, -0.05) is 15.9 Å². The largest absolute Gasteiger partial charge is 0.489 e. The van der Waals surface area contributed by atoms with Gasteiger partial charge in [-0.2, -0.15) is 0 Å². The third-order valence-electron chi connectivity index (χ3n) is 2.81. The van der Waals surface area contributed by atoms with Crippen molar-refractivity contribution in [2.45, 2.75) is 13.5 Å². The molecule has 0 radical (unpaired) electrons. The summed E-state index contributed by atoms with van der Waals surface area (Å²) in [6.07, 6.45) is 0. The number of carbonyl (C=O) groups is 1. The van der Waals surface area contributed by atoms with E-state index in [4.69, 9.17) is 9.84 Å². The summed E-state index contributed by atoms with van der Waals surface area (Å²) >= 11 is 3.27. The van der Waals surface area contributed by atoms with Crippen molar-refractivity contribution >= 4 is 21.9 Å². The summed E-state index contributed by atoms with van der Waals surface area (Å²) in [5, 5.41) is 8.88. The van der Waals surface area contributed by atoms with Crippen molar-refractivity contribution in [3.8, 4) is 5.75 Å². The van der Waals surface area contributed by atoms with Crippen LogP contribution >= 0.6 is 15.9 Å². The second-order valence-corrected chi connectivity index (χ2v) is 5.23. The molecule has 0 saturated carbocycles. The third-order valence-corrected chi connectivity index (χ3v) is 3.31. The fraction of sp³-hybridized carbons (Fsp3) is 0.133. The SMILES string of the molecule is Cc1cc(C(=O)O)ccc1OCc1cc(Br)ccc1F. The second-order valence-electron chi connectivity index (χ2n) is 4.31. The van der Waals surface area contributed by atoms with Crippen molar-refractivity contribution in [1.82, 2.24) is 0 Å². The van der Waals surface area contributed by atoms with Crippen LogP contribution in [-0.4, -0.2) is 11.1 Å².